The van der Waals surface area contributed by atoms with Crippen LogP contribution < -0.4 is 0 Å². The lowest BCUT2D eigenvalue weighted by atomic mass is 9.84. The number of nitrogens with zero attached hydrogens (tertiary/aromatic N) is 2. The molecule has 5 heteroatoms. The first-order valence-electron chi connectivity index (χ1n) is 8.47. The van der Waals surface area contributed by atoms with Gasteiger partial charge >= 0.3 is 0 Å². The molecule has 2 atom stereocenters. The summed E-state index contributed by atoms with van der Waals surface area (Å²) in [6.45, 7) is 4.35. The number of carbonyl (C=O) groups is 1. The van der Waals surface area contributed by atoms with E-state index >= 15 is 0 Å². The van der Waals surface area contributed by atoms with Gasteiger partial charge in [-0.15, -0.1) is 0 Å². The van der Waals surface area contributed by atoms with Gasteiger partial charge in [0.15, 0.2) is 0 Å². The highest BCUT2D eigenvalue weighted by molar-refractivity contribution is 5.84. The van der Waals surface area contributed by atoms with Crippen LogP contribution in [0.1, 0.15) is 37.3 Å². The number of benzene rings is 2. The number of nitro benzene ring substituents is 1. The van der Waals surface area contributed by atoms with Crippen LogP contribution in [0.15, 0.2) is 54.6 Å². The number of carbonyl (C=O) groups excluding carboxylic acids is 1. The zero-order valence-corrected chi connectivity index (χ0v) is 14.9. The second-order valence-corrected chi connectivity index (χ2v) is 6.35. The van der Waals surface area contributed by atoms with Crippen molar-refractivity contribution < 1.29 is 9.72 Å². The Morgan fingerprint density at radius 2 is 1.72 bits per heavy atom. The molecule has 0 fully saturated rings. The van der Waals surface area contributed by atoms with Crippen LogP contribution >= 0.6 is 0 Å². The Hall–Kier alpha value is -2.69. The van der Waals surface area contributed by atoms with E-state index in [0.717, 1.165) is 12.0 Å². The van der Waals surface area contributed by atoms with Crippen molar-refractivity contribution in [3.05, 3.63) is 75.8 Å². The zero-order chi connectivity index (χ0) is 18.4. The van der Waals surface area contributed by atoms with Crippen molar-refractivity contribution in [3.63, 3.8) is 0 Å². The third-order valence-corrected chi connectivity index (χ3v) is 4.61. The van der Waals surface area contributed by atoms with Crippen molar-refractivity contribution in [2.45, 2.75) is 32.7 Å². The predicted octanol–water partition coefficient (Wildman–Crippen LogP) is 4.38. The molecular weight excluding hydrogens is 316 g/mol. The largest absolute Gasteiger partial charge is 0.341 e. The first-order chi connectivity index (χ1) is 12.0. The monoisotopic (exact) mass is 340 g/mol. The Kier molecular flexibility index (Phi) is 6.28. The first-order valence-corrected chi connectivity index (χ1v) is 8.47. The summed E-state index contributed by atoms with van der Waals surface area (Å²) in [6, 6.07) is 16.3. The van der Waals surface area contributed by atoms with Crippen molar-refractivity contribution in [2.75, 3.05) is 7.05 Å². The fraction of sp³-hybridized carbons (Fsp3) is 0.350. The van der Waals surface area contributed by atoms with Crippen molar-refractivity contribution in [1.29, 1.82) is 0 Å². The maximum absolute atomic E-state index is 13.1. The molecule has 0 saturated heterocycles. The molecule has 0 aliphatic rings. The van der Waals surface area contributed by atoms with Crippen LogP contribution in [-0.2, 0) is 11.3 Å². The summed E-state index contributed by atoms with van der Waals surface area (Å²) < 4.78 is 0. The molecule has 0 bridgehead atoms. The Labute approximate surface area is 148 Å². The summed E-state index contributed by atoms with van der Waals surface area (Å²) in [6.07, 6.45) is 0.880. The smallest absolute Gasteiger partial charge is 0.274 e. The Morgan fingerprint density at radius 1 is 1.12 bits per heavy atom. The van der Waals surface area contributed by atoms with E-state index in [0.29, 0.717) is 5.56 Å². The molecule has 0 aromatic heterocycles. The number of rotatable bonds is 7. The second-order valence-electron chi connectivity index (χ2n) is 6.35. The number of hydrogen-bond acceptors (Lipinski definition) is 3. The molecule has 132 valence electrons. The van der Waals surface area contributed by atoms with Crippen LogP contribution in [0.25, 0.3) is 0 Å². The third-order valence-electron chi connectivity index (χ3n) is 4.61. The van der Waals surface area contributed by atoms with Gasteiger partial charge in [-0.2, -0.15) is 0 Å². The van der Waals surface area contributed by atoms with Crippen molar-refractivity contribution >= 4 is 11.6 Å². The predicted molar refractivity (Wildman–Crippen MR) is 98.2 cm³/mol. The summed E-state index contributed by atoms with van der Waals surface area (Å²) in [5.74, 6) is -0.0826. The molecule has 0 aliphatic heterocycles. The van der Waals surface area contributed by atoms with Crippen LogP contribution in [0.4, 0.5) is 5.69 Å². The van der Waals surface area contributed by atoms with E-state index in [1.807, 2.05) is 30.3 Å². The van der Waals surface area contributed by atoms with Crippen molar-refractivity contribution in [3.8, 4) is 0 Å². The maximum Gasteiger partial charge on any atom is 0.274 e. The molecule has 2 unspecified atom stereocenters. The van der Waals surface area contributed by atoms with Gasteiger partial charge in [-0.1, -0.05) is 68.8 Å². The molecule has 25 heavy (non-hydrogen) atoms. The van der Waals surface area contributed by atoms with Gasteiger partial charge in [-0.3, -0.25) is 14.9 Å². The van der Waals surface area contributed by atoms with Crippen LogP contribution in [-0.4, -0.2) is 22.8 Å². The lowest BCUT2D eigenvalue weighted by Gasteiger charge is -2.28. The first kappa shape index (κ1) is 18.6. The number of nitro groups is 1. The Balaban J connectivity index is 2.26. The van der Waals surface area contributed by atoms with Crippen LogP contribution in [0.2, 0.25) is 0 Å². The molecule has 0 N–H and O–H groups in total. The molecule has 2 aromatic rings. The SMILES string of the molecule is CCC(C)C(C(=O)N(C)Cc1ccccc1[N+](=O)[O-])c1ccccc1. The molecule has 5 nitrogen and oxygen atoms in total. The summed E-state index contributed by atoms with van der Waals surface area (Å²) >= 11 is 0. The van der Waals surface area contributed by atoms with Crippen molar-refractivity contribution in [1.82, 2.24) is 4.90 Å². The third kappa shape index (κ3) is 4.44. The molecule has 0 spiro atoms. The van der Waals surface area contributed by atoms with E-state index in [1.54, 1.807) is 30.1 Å². The maximum atomic E-state index is 13.1. The topological polar surface area (TPSA) is 63.5 Å². The van der Waals surface area contributed by atoms with E-state index in [4.69, 9.17) is 0 Å². The highest BCUT2D eigenvalue weighted by Crippen LogP contribution is 2.30. The standard InChI is InChI=1S/C20H24N2O3/c1-4-15(2)19(16-10-6-5-7-11-16)20(23)21(3)14-17-12-8-9-13-18(17)22(24)25/h5-13,15,19H,4,14H2,1-3H3. The van der Waals surface area contributed by atoms with E-state index < -0.39 is 4.92 Å². The summed E-state index contributed by atoms with van der Waals surface area (Å²) in [7, 11) is 1.71. The minimum absolute atomic E-state index is 0.0151. The second kappa shape index (κ2) is 8.42. The van der Waals surface area contributed by atoms with Gasteiger partial charge in [0.05, 0.1) is 17.4 Å². The average molecular weight is 340 g/mol. The quantitative estimate of drug-likeness (QED) is 0.555. The van der Waals surface area contributed by atoms with Gasteiger partial charge in [-0.05, 0) is 11.5 Å². The van der Waals surface area contributed by atoms with Crippen molar-refractivity contribution in [2.24, 2.45) is 5.92 Å². The Bertz CT molecular complexity index is 731. The fourth-order valence-electron chi connectivity index (χ4n) is 3.00. The van der Waals surface area contributed by atoms with Gasteiger partial charge in [0.2, 0.25) is 5.91 Å². The van der Waals surface area contributed by atoms with E-state index in [-0.39, 0.29) is 30.0 Å². The van der Waals surface area contributed by atoms with Crippen LogP contribution in [0.5, 0.6) is 0 Å². The van der Waals surface area contributed by atoms with E-state index in [9.17, 15) is 14.9 Å². The molecule has 2 aromatic carbocycles. The molecule has 0 radical (unpaired) electrons. The number of amides is 1. The molecule has 0 saturated carbocycles. The van der Waals surface area contributed by atoms with Gasteiger partial charge in [0, 0.05) is 18.7 Å². The summed E-state index contributed by atoms with van der Waals surface area (Å²) in [5, 5.41) is 11.2. The average Bonchev–Trinajstić information content (AvgIpc) is 2.62. The number of likely N-dealkylation sites (N-methyl/N-ethyl adjacent to an activating group) is 1. The molecule has 1 amide bonds. The normalized spacial score (nSPS) is 13.1. The molecule has 0 heterocycles. The van der Waals surface area contributed by atoms with E-state index in [1.165, 1.54) is 6.07 Å². The molecule has 2 rings (SSSR count). The van der Waals surface area contributed by atoms with Gasteiger partial charge in [0.1, 0.15) is 0 Å². The lowest BCUT2D eigenvalue weighted by Crippen LogP contribution is -2.34. The summed E-state index contributed by atoms with van der Waals surface area (Å²) in [4.78, 5) is 25.5. The van der Waals surface area contributed by atoms with Crippen LogP contribution in [0.3, 0.4) is 0 Å². The molecule has 0 aliphatic carbocycles. The van der Waals surface area contributed by atoms with Gasteiger partial charge < -0.3 is 4.90 Å². The Morgan fingerprint density at radius 3 is 2.32 bits per heavy atom. The lowest BCUT2D eigenvalue weighted by molar-refractivity contribution is -0.385. The van der Waals surface area contributed by atoms with Gasteiger partial charge in [0.25, 0.3) is 5.69 Å². The molecular formula is C20H24N2O3. The zero-order valence-electron chi connectivity index (χ0n) is 14.9. The number of hydrogen-bond donors (Lipinski definition) is 0. The van der Waals surface area contributed by atoms with E-state index in [2.05, 4.69) is 13.8 Å². The minimum atomic E-state index is -0.406. The van der Waals surface area contributed by atoms with Gasteiger partial charge in [-0.25, -0.2) is 0 Å². The highest BCUT2D eigenvalue weighted by Gasteiger charge is 2.29. The number of para-hydroxylation sites is 1. The minimum Gasteiger partial charge on any atom is -0.341 e. The fourth-order valence-corrected chi connectivity index (χ4v) is 3.00. The summed E-state index contributed by atoms with van der Waals surface area (Å²) in [5.41, 5.74) is 1.57. The van der Waals surface area contributed by atoms with Crippen LogP contribution in [0, 0.1) is 16.0 Å². The highest BCUT2D eigenvalue weighted by atomic mass is 16.6.